The number of nitrogens with one attached hydrogen (secondary N) is 1. The van der Waals surface area contributed by atoms with Crippen molar-refractivity contribution >= 4 is 5.69 Å². The Morgan fingerprint density at radius 3 is 2.93 bits per heavy atom. The first-order valence-electron chi connectivity index (χ1n) is 5.57. The summed E-state index contributed by atoms with van der Waals surface area (Å²) >= 11 is 0. The molecule has 1 aromatic carbocycles. The van der Waals surface area contributed by atoms with Gasteiger partial charge < -0.3 is 5.32 Å². The van der Waals surface area contributed by atoms with E-state index in [4.69, 9.17) is 0 Å². The number of fused-ring (bicyclic) bond motifs is 1. The van der Waals surface area contributed by atoms with Gasteiger partial charge in [-0.25, -0.2) is 0 Å². The molecule has 0 aromatic heterocycles. The van der Waals surface area contributed by atoms with Crippen LogP contribution in [0.5, 0.6) is 0 Å². The van der Waals surface area contributed by atoms with Crippen LogP contribution >= 0.6 is 0 Å². The van der Waals surface area contributed by atoms with Crippen LogP contribution in [0.2, 0.25) is 0 Å². The average molecular weight is 189 g/mol. The molecule has 76 valence electrons. The van der Waals surface area contributed by atoms with Crippen LogP contribution in [-0.4, -0.2) is 6.04 Å². The molecule has 2 rings (SSSR count). The second kappa shape index (κ2) is 3.64. The lowest BCUT2D eigenvalue weighted by atomic mass is 9.86. The Labute approximate surface area is 86.5 Å². The normalized spacial score (nSPS) is 25.4. The highest BCUT2D eigenvalue weighted by molar-refractivity contribution is 5.59. The van der Waals surface area contributed by atoms with E-state index in [0.717, 1.165) is 5.92 Å². The molecule has 1 aliphatic heterocycles. The molecule has 1 aromatic rings. The van der Waals surface area contributed by atoms with E-state index in [1.807, 2.05) is 0 Å². The van der Waals surface area contributed by atoms with Gasteiger partial charge >= 0.3 is 0 Å². The van der Waals surface area contributed by atoms with Gasteiger partial charge in [-0.3, -0.25) is 0 Å². The molecule has 0 bridgehead atoms. The largest absolute Gasteiger partial charge is 0.382 e. The number of anilines is 1. The standard InChI is InChI=1S/C13H19N/c1-4-12-10(3)8-11-7-5-6-9(2)13(11)14-12/h5-7,10,12,14H,4,8H2,1-3H3. The first-order valence-corrected chi connectivity index (χ1v) is 5.57. The van der Waals surface area contributed by atoms with Crippen LogP contribution in [0, 0.1) is 12.8 Å². The molecule has 2 unspecified atom stereocenters. The fourth-order valence-electron chi connectivity index (χ4n) is 2.43. The number of rotatable bonds is 1. The SMILES string of the molecule is CCC1Nc2c(C)cccc2CC1C. The average Bonchev–Trinajstić information content (AvgIpc) is 2.17. The van der Waals surface area contributed by atoms with Gasteiger partial charge in [0.15, 0.2) is 0 Å². The maximum absolute atomic E-state index is 3.66. The molecule has 0 fully saturated rings. The van der Waals surface area contributed by atoms with Crippen LogP contribution in [0.4, 0.5) is 5.69 Å². The lowest BCUT2D eigenvalue weighted by molar-refractivity contribution is 0.453. The van der Waals surface area contributed by atoms with Crippen molar-refractivity contribution in [2.45, 2.75) is 39.7 Å². The zero-order chi connectivity index (χ0) is 10.1. The second-order valence-electron chi connectivity index (χ2n) is 4.45. The molecule has 1 heterocycles. The van der Waals surface area contributed by atoms with E-state index in [2.05, 4.69) is 44.3 Å². The topological polar surface area (TPSA) is 12.0 Å². The van der Waals surface area contributed by atoms with Gasteiger partial charge in [0.05, 0.1) is 0 Å². The van der Waals surface area contributed by atoms with Crippen molar-refractivity contribution in [2.24, 2.45) is 5.92 Å². The summed E-state index contributed by atoms with van der Waals surface area (Å²) in [6.07, 6.45) is 2.44. The molecule has 0 amide bonds. The van der Waals surface area contributed by atoms with Gasteiger partial charge in [-0.1, -0.05) is 32.0 Å². The summed E-state index contributed by atoms with van der Waals surface area (Å²) in [5.74, 6) is 0.759. The van der Waals surface area contributed by atoms with Crippen LogP contribution in [-0.2, 0) is 6.42 Å². The maximum Gasteiger partial charge on any atom is 0.0404 e. The van der Waals surface area contributed by atoms with Gasteiger partial charge in [0.1, 0.15) is 0 Å². The molecule has 14 heavy (non-hydrogen) atoms. The van der Waals surface area contributed by atoms with Gasteiger partial charge in [0, 0.05) is 11.7 Å². The number of hydrogen-bond acceptors (Lipinski definition) is 1. The molecular formula is C13H19N. The van der Waals surface area contributed by atoms with Gasteiger partial charge in [0.2, 0.25) is 0 Å². The summed E-state index contributed by atoms with van der Waals surface area (Å²) in [7, 11) is 0. The molecule has 1 nitrogen and oxygen atoms in total. The van der Waals surface area contributed by atoms with E-state index in [1.165, 1.54) is 29.7 Å². The predicted molar refractivity (Wildman–Crippen MR) is 61.7 cm³/mol. The molecule has 0 spiro atoms. The Balaban J connectivity index is 2.36. The molecule has 0 saturated heterocycles. The van der Waals surface area contributed by atoms with Crippen LogP contribution in [0.25, 0.3) is 0 Å². The van der Waals surface area contributed by atoms with E-state index in [1.54, 1.807) is 0 Å². The molecule has 0 aliphatic carbocycles. The lowest BCUT2D eigenvalue weighted by Crippen LogP contribution is -2.33. The smallest absolute Gasteiger partial charge is 0.0404 e. The van der Waals surface area contributed by atoms with E-state index < -0.39 is 0 Å². The predicted octanol–water partition coefficient (Wildman–Crippen LogP) is 3.38. The third-order valence-electron chi connectivity index (χ3n) is 3.36. The summed E-state index contributed by atoms with van der Waals surface area (Å²) in [4.78, 5) is 0. The Morgan fingerprint density at radius 1 is 1.43 bits per heavy atom. The van der Waals surface area contributed by atoms with Gasteiger partial charge in [-0.15, -0.1) is 0 Å². The Kier molecular flexibility index (Phi) is 2.49. The van der Waals surface area contributed by atoms with Crippen LogP contribution in [0.3, 0.4) is 0 Å². The molecule has 1 heteroatoms. The van der Waals surface area contributed by atoms with E-state index in [0.29, 0.717) is 6.04 Å². The minimum Gasteiger partial charge on any atom is -0.382 e. The van der Waals surface area contributed by atoms with Crippen LogP contribution in [0.15, 0.2) is 18.2 Å². The van der Waals surface area contributed by atoms with Crippen LogP contribution < -0.4 is 5.32 Å². The summed E-state index contributed by atoms with van der Waals surface area (Å²) < 4.78 is 0. The van der Waals surface area contributed by atoms with Crippen molar-refractivity contribution in [1.82, 2.24) is 0 Å². The lowest BCUT2D eigenvalue weighted by Gasteiger charge is -2.33. The van der Waals surface area contributed by atoms with Crippen molar-refractivity contribution in [3.63, 3.8) is 0 Å². The summed E-state index contributed by atoms with van der Waals surface area (Å²) in [6.45, 7) is 6.79. The zero-order valence-corrected chi connectivity index (χ0v) is 9.30. The quantitative estimate of drug-likeness (QED) is 0.714. The van der Waals surface area contributed by atoms with E-state index in [9.17, 15) is 0 Å². The van der Waals surface area contributed by atoms with Crippen molar-refractivity contribution in [2.75, 3.05) is 5.32 Å². The zero-order valence-electron chi connectivity index (χ0n) is 9.30. The molecule has 0 radical (unpaired) electrons. The Bertz CT molecular complexity index is 330. The monoisotopic (exact) mass is 189 g/mol. The van der Waals surface area contributed by atoms with Gasteiger partial charge in [-0.2, -0.15) is 0 Å². The Morgan fingerprint density at radius 2 is 2.21 bits per heavy atom. The fourth-order valence-corrected chi connectivity index (χ4v) is 2.43. The highest BCUT2D eigenvalue weighted by Crippen LogP contribution is 2.31. The second-order valence-corrected chi connectivity index (χ2v) is 4.45. The van der Waals surface area contributed by atoms with E-state index in [-0.39, 0.29) is 0 Å². The maximum atomic E-state index is 3.66. The first-order chi connectivity index (χ1) is 6.72. The summed E-state index contributed by atoms with van der Waals surface area (Å²) in [5, 5.41) is 3.66. The third kappa shape index (κ3) is 1.52. The summed E-state index contributed by atoms with van der Waals surface area (Å²) in [5.41, 5.74) is 4.26. The molecule has 2 atom stereocenters. The molecule has 0 saturated carbocycles. The van der Waals surface area contributed by atoms with Crippen molar-refractivity contribution < 1.29 is 0 Å². The fraction of sp³-hybridized carbons (Fsp3) is 0.538. The van der Waals surface area contributed by atoms with E-state index >= 15 is 0 Å². The third-order valence-corrected chi connectivity index (χ3v) is 3.36. The Hall–Kier alpha value is -0.980. The van der Waals surface area contributed by atoms with Crippen molar-refractivity contribution in [1.29, 1.82) is 0 Å². The number of hydrogen-bond donors (Lipinski definition) is 1. The van der Waals surface area contributed by atoms with Gasteiger partial charge in [0.25, 0.3) is 0 Å². The number of benzene rings is 1. The highest BCUT2D eigenvalue weighted by Gasteiger charge is 2.23. The van der Waals surface area contributed by atoms with Gasteiger partial charge in [-0.05, 0) is 36.8 Å². The number of para-hydroxylation sites is 1. The highest BCUT2D eigenvalue weighted by atomic mass is 14.9. The van der Waals surface area contributed by atoms with Crippen molar-refractivity contribution in [3.05, 3.63) is 29.3 Å². The summed E-state index contributed by atoms with van der Waals surface area (Å²) in [6, 6.07) is 7.25. The minimum absolute atomic E-state index is 0.656. The molecular weight excluding hydrogens is 170 g/mol. The van der Waals surface area contributed by atoms with Crippen LogP contribution in [0.1, 0.15) is 31.4 Å². The first kappa shape index (κ1) is 9.57. The molecule has 1 N–H and O–H groups in total. The molecule has 1 aliphatic rings. The van der Waals surface area contributed by atoms with Crippen molar-refractivity contribution in [3.8, 4) is 0 Å². The minimum atomic E-state index is 0.656. The number of aryl methyl sites for hydroxylation is 1.